The lowest BCUT2D eigenvalue weighted by molar-refractivity contribution is -0.385. The van der Waals surface area contributed by atoms with Crippen LogP contribution in [0.25, 0.3) is 16.3 Å². The summed E-state index contributed by atoms with van der Waals surface area (Å²) in [6, 6.07) is 9.84. The van der Waals surface area contributed by atoms with Gasteiger partial charge in [0.15, 0.2) is 4.80 Å². The monoisotopic (exact) mass is 456 g/mol. The van der Waals surface area contributed by atoms with Gasteiger partial charge >= 0.3 is 5.97 Å². The van der Waals surface area contributed by atoms with Crippen LogP contribution in [0.3, 0.4) is 0 Å². The lowest BCUT2D eigenvalue weighted by atomic mass is 10.2. The standard InChI is InChI=1S/C20H16N4O7S/c1-2-31-19(26)12-22-16-8-7-15(24(29)30)11-17(16)32-20(22)21-18(25)9-6-13-4-3-5-14(10-13)23(27)28/h3-11H,2,12H2,1H3/b9-6+,21-20?. The highest BCUT2D eigenvalue weighted by Crippen LogP contribution is 2.23. The molecule has 1 heterocycles. The quantitative estimate of drug-likeness (QED) is 0.229. The summed E-state index contributed by atoms with van der Waals surface area (Å²) in [5, 5.41) is 21.9. The summed E-state index contributed by atoms with van der Waals surface area (Å²) in [5.41, 5.74) is 0.678. The third-order valence-corrected chi connectivity index (χ3v) is 5.22. The Kier molecular flexibility index (Phi) is 6.85. The molecule has 3 aromatic rings. The van der Waals surface area contributed by atoms with Gasteiger partial charge in [-0.05, 0) is 24.6 Å². The number of nitrogens with zero attached hydrogens (tertiary/aromatic N) is 4. The molecule has 0 aliphatic rings. The molecule has 3 rings (SSSR count). The fourth-order valence-electron chi connectivity index (χ4n) is 2.79. The number of esters is 1. The van der Waals surface area contributed by atoms with Crippen molar-refractivity contribution in [3.05, 3.63) is 79.1 Å². The van der Waals surface area contributed by atoms with Gasteiger partial charge in [0.1, 0.15) is 6.54 Å². The van der Waals surface area contributed by atoms with Gasteiger partial charge < -0.3 is 9.30 Å². The molecule has 32 heavy (non-hydrogen) atoms. The average molecular weight is 456 g/mol. The van der Waals surface area contributed by atoms with Crippen molar-refractivity contribution in [2.24, 2.45) is 4.99 Å². The average Bonchev–Trinajstić information content (AvgIpc) is 3.08. The molecule has 12 heteroatoms. The van der Waals surface area contributed by atoms with Gasteiger partial charge in [0, 0.05) is 30.3 Å². The Morgan fingerprint density at radius 1 is 1.12 bits per heavy atom. The summed E-state index contributed by atoms with van der Waals surface area (Å²) in [5.74, 6) is -1.22. The summed E-state index contributed by atoms with van der Waals surface area (Å²) in [6.45, 7) is 1.60. The van der Waals surface area contributed by atoms with Crippen LogP contribution in [0.4, 0.5) is 11.4 Å². The molecule has 2 aromatic carbocycles. The van der Waals surface area contributed by atoms with Crippen molar-refractivity contribution in [1.82, 2.24) is 4.57 Å². The first kappa shape index (κ1) is 22.5. The van der Waals surface area contributed by atoms with Crippen LogP contribution in [0.1, 0.15) is 12.5 Å². The molecule has 164 valence electrons. The van der Waals surface area contributed by atoms with Crippen molar-refractivity contribution in [2.75, 3.05) is 6.61 Å². The minimum atomic E-state index is -0.671. The number of hydrogen-bond donors (Lipinski definition) is 0. The predicted octanol–water partition coefficient (Wildman–Crippen LogP) is 3.22. The Hall–Kier alpha value is -4.19. The van der Waals surface area contributed by atoms with Crippen LogP contribution < -0.4 is 4.80 Å². The van der Waals surface area contributed by atoms with Crippen LogP contribution in [0, 0.1) is 20.2 Å². The van der Waals surface area contributed by atoms with E-state index in [1.165, 1.54) is 47.0 Å². The number of rotatable bonds is 7. The number of benzene rings is 2. The maximum absolute atomic E-state index is 12.4. The third kappa shape index (κ3) is 5.29. The maximum atomic E-state index is 12.4. The molecule has 0 saturated heterocycles. The van der Waals surface area contributed by atoms with Gasteiger partial charge in [-0.2, -0.15) is 4.99 Å². The van der Waals surface area contributed by atoms with Crippen molar-refractivity contribution >= 4 is 50.9 Å². The van der Waals surface area contributed by atoms with Crippen molar-refractivity contribution in [3.63, 3.8) is 0 Å². The molecule has 0 fully saturated rings. The van der Waals surface area contributed by atoms with E-state index >= 15 is 0 Å². The third-order valence-electron chi connectivity index (χ3n) is 4.17. The largest absolute Gasteiger partial charge is 0.465 e. The van der Waals surface area contributed by atoms with E-state index < -0.39 is 21.7 Å². The fourth-order valence-corrected chi connectivity index (χ4v) is 3.86. The van der Waals surface area contributed by atoms with Crippen LogP contribution in [0.5, 0.6) is 0 Å². The van der Waals surface area contributed by atoms with Crippen molar-refractivity contribution < 1.29 is 24.2 Å². The summed E-state index contributed by atoms with van der Waals surface area (Å²) >= 11 is 1.01. The van der Waals surface area contributed by atoms with Gasteiger partial charge in [0.05, 0.1) is 26.7 Å². The van der Waals surface area contributed by atoms with Crippen LogP contribution in [0.2, 0.25) is 0 Å². The summed E-state index contributed by atoms with van der Waals surface area (Å²) < 4.78 is 6.88. The zero-order valence-electron chi connectivity index (χ0n) is 16.7. The van der Waals surface area contributed by atoms with E-state index in [0.717, 1.165) is 17.4 Å². The zero-order valence-corrected chi connectivity index (χ0v) is 17.5. The molecular weight excluding hydrogens is 440 g/mol. The number of amides is 1. The van der Waals surface area contributed by atoms with Gasteiger partial charge in [-0.25, -0.2) is 0 Å². The van der Waals surface area contributed by atoms with E-state index in [4.69, 9.17) is 4.74 Å². The number of hydrogen-bond acceptors (Lipinski definition) is 8. The van der Waals surface area contributed by atoms with E-state index in [1.54, 1.807) is 13.0 Å². The molecule has 0 N–H and O–H groups in total. The number of carbonyl (C=O) groups is 2. The maximum Gasteiger partial charge on any atom is 0.326 e. The molecule has 0 aliphatic heterocycles. The number of aromatic nitrogens is 1. The number of non-ortho nitro benzene ring substituents is 2. The first-order valence-electron chi connectivity index (χ1n) is 9.23. The molecule has 0 spiro atoms. The summed E-state index contributed by atoms with van der Waals surface area (Å²) in [6.07, 6.45) is 2.52. The summed E-state index contributed by atoms with van der Waals surface area (Å²) in [4.78, 5) is 49.4. The Bertz CT molecular complexity index is 1320. The molecule has 1 amide bonds. The molecule has 0 atom stereocenters. The number of nitro benzene ring substituents is 2. The smallest absolute Gasteiger partial charge is 0.326 e. The molecule has 11 nitrogen and oxygen atoms in total. The molecule has 0 bridgehead atoms. The number of carbonyl (C=O) groups excluding carboxylic acids is 2. The first-order valence-corrected chi connectivity index (χ1v) is 10.0. The van der Waals surface area contributed by atoms with Crippen LogP contribution in [-0.4, -0.2) is 32.9 Å². The predicted molar refractivity (Wildman–Crippen MR) is 116 cm³/mol. The van der Waals surface area contributed by atoms with E-state index in [0.29, 0.717) is 15.8 Å². The highest BCUT2D eigenvalue weighted by molar-refractivity contribution is 7.16. The van der Waals surface area contributed by atoms with E-state index in [2.05, 4.69) is 4.99 Å². The minimum absolute atomic E-state index is 0.116. The fraction of sp³-hybridized carbons (Fsp3) is 0.150. The first-order chi connectivity index (χ1) is 15.3. The lowest BCUT2D eigenvalue weighted by Gasteiger charge is -2.04. The second-order valence-corrected chi connectivity index (χ2v) is 7.33. The molecule has 0 aliphatic carbocycles. The molecule has 1 aromatic heterocycles. The van der Waals surface area contributed by atoms with Gasteiger partial charge in [0.2, 0.25) is 0 Å². The molecule has 0 unspecified atom stereocenters. The number of ether oxygens (including phenoxy) is 1. The number of fused-ring (bicyclic) bond motifs is 1. The number of thiazole rings is 1. The second-order valence-electron chi connectivity index (χ2n) is 6.32. The molecular formula is C20H16N4O7S. The van der Waals surface area contributed by atoms with Gasteiger partial charge in [0.25, 0.3) is 17.3 Å². The van der Waals surface area contributed by atoms with E-state index in [1.807, 2.05) is 0 Å². The van der Waals surface area contributed by atoms with Gasteiger partial charge in [-0.1, -0.05) is 23.5 Å². The Labute approximate surface area is 184 Å². The second kappa shape index (κ2) is 9.75. The van der Waals surface area contributed by atoms with Crippen molar-refractivity contribution in [3.8, 4) is 0 Å². The SMILES string of the molecule is CCOC(=O)Cn1c(=NC(=O)/C=C/c2cccc([N+](=O)[O-])c2)sc2cc([N+](=O)[O-])ccc21. The van der Waals surface area contributed by atoms with Crippen LogP contribution in [0.15, 0.2) is 53.5 Å². The van der Waals surface area contributed by atoms with Crippen LogP contribution >= 0.6 is 11.3 Å². The van der Waals surface area contributed by atoms with Gasteiger partial charge in [-0.3, -0.25) is 29.8 Å². The number of nitro groups is 2. The summed E-state index contributed by atoms with van der Waals surface area (Å²) in [7, 11) is 0. The normalized spacial score (nSPS) is 11.7. The van der Waals surface area contributed by atoms with Crippen LogP contribution in [-0.2, 0) is 20.9 Å². The lowest BCUT2D eigenvalue weighted by Crippen LogP contribution is -2.22. The van der Waals surface area contributed by atoms with E-state index in [9.17, 15) is 29.8 Å². The van der Waals surface area contributed by atoms with Crippen molar-refractivity contribution in [1.29, 1.82) is 0 Å². The zero-order chi connectivity index (χ0) is 23.3. The topological polar surface area (TPSA) is 147 Å². The molecule has 0 radical (unpaired) electrons. The van der Waals surface area contributed by atoms with Crippen molar-refractivity contribution in [2.45, 2.75) is 13.5 Å². The Morgan fingerprint density at radius 2 is 1.84 bits per heavy atom. The highest BCUT2D eigenvalue weighted by atomic mass is 32.1. The van der Waals surface area contributed by atoms with E-state index in [-0.39, 0.29) is 29.3 Å². The molecule has 0 saturated carbocycles. The highest BCUT2D eigenvalue weighted by Gasteiger charge is 2.15. The minimum Gasteiger partial charge on any atom is -0.465 e. The Balaban J connectivity index is 2.00. The Morgan fingerprint density at radius 3 is 2.53 bits per heavy atom. The van der Waals surface area contributed by atoms with Gasteiger partial charge in [-0.15, -0.1) is 0 Å².